The molecule has 0 N–H and O–H groups in total. The van der Waals surface area contributed by atoms with Gasteiger partial charge in [-0.2, -0.15) is 0 Å². The second-order valence-electron chi connectivity index (χ2n) is 8.75. The minimum absolute atomic E-state index is 0.0152. The van der Waals surface area contributed by atoms with Gasteiger partial charge in [-0.25, -0.2) is 18.6 Å². The first-order chi connectivity index (χ1) is 17.9. The Labute approximate surface area is 234 Å². The molecule has 242 valence electrons. The van der Waals surface area contributed by atoms with Gasteiger partial charge in [-0.15, -0.1) is 10.2 Å². The van der Waals surface area contributed by atoms with Crippen molar-refractivity contribution < 1.29 is 97.0 Å². The minimum Gasteiger partial charge on any atom is -0.222 e. The van der Waals surface area contributed by atoms with Crippen LogP contribution in [0, 0.1) is 13.8 Å². The van der Waals surface area contributed by atoms with Gasteiger partial charge >= 0.3 is 205 Å². The summed E-state index contributed by atoms with van der Waals surface area (Å²) < 4.78 is 196. The molecule has 0 aromatic heterocycles. The van der Waals surface area contributed by atoms with Crippen LogP contribution < -0.4 is 18.6 Å². The van der Waals surface area contributed by atoms with Crippen molar-refractivity contribution in [3.63, 3.8) is 0 Å². The second-order valence-corrected chi connectivity index (χ2v) is 13.0. The monoisotopic (exact) mass is 765 g/mol. The van der Waals surface area contributed by atoms with Crippen molar-refractivity contribution in [2.45, 2.75) is 49.8 Å². The molecule has 0 unspecified atom stereocenters. The average molecular weight is 766 g/mol. The fraction of sp³-hybridized carbons (Fsp3) is 0.632. The molecule has 22 heteroatoms. The van der Waals surface area contributed by atoms with Gasteiger partial charge < -0.3 is 0 Å². The van der Waals surface area contributed by atoms with Crippen LogP contribution in [0.4, 0.5) is 52.7 Å². The van der Waals surface area contributed by atoms with Crippen LogP contribution >= 0.6 is 20.6 Å². The third-order valence-corrected chi connectivity index (χ3v) is 7.78. The average Bonchev–Trinajstić information content (AvgIpc) is 2.68. The number of benzene rings is 1. The van der Waals surface area contributed by atoms with Gasteiger partial charge in [0.15, 0.2) is 0 Å². The number of rotatable bonds is 10. The number of carbonyl (C=O) groups excluding carboxylic acids is 1. The maximum absolute atomic E-state index is 12.9. The van der Waals surface area contributed by atoms with Crippen molar-refractivity contribution >= 4 is 26.4 Å². The van der Waals surface area contributed by atoms with Crippen molar-refractivity contribution in [3.8, 4) is 0 Å². The summed E-state index contributed by atoms with van der Waals surface area (Å²) in [6, 6.07) is 2.94. The van der Waals surface area contributed by atoms with E-state index in [0.717, 1.165) is 12.1 Å². The number of nitrogens with zero attached hydrogens (tertiary/aromatic N) is 1. The number of Topliss-reactive ketones (excluding diaryl/α,β-unsaturated/α-hetero) is 1. The predicted octanol–water partition coefficient (Wildman–Crippen LogP) is 2.13. The van der Waals surface area contributed by atoms with E-state index >= 15 is 0 Å². The fourth-order valence-corrected chi connectivity index (χ4v) is 6.19. The molecule has 0 saturated heterocycles. The molecule has 0 amide bonds. The second kappa shape index (κ2) is 14.5. The molecule has 41 heavy (non-hydrogen) atoms. The van der Waals surface area contributed by atoms with Crippen LogP contribution in [-0.2, 0) is 6.13 Å². The van der Waals surface area contributed by atoms with Gasteiger partial charge in [-0.05, 0) is 0 Å². The summed E-state index contributed by atoms with van der Waals surface area (Å²) in [5, 5.41) is 0. The van der Waals surface area contributed by atoms with Crippen molar-refractivity contribution in [2.24, 2.45) is 0 Å². The maximum Gasteiger partial charge on any atom is -0.112 e. The van der Waals surface area contributed by atoms with Gasteiger partial charge in [-0.1, -0.05) is 0 Å². The summed E-state index contributed by atoms with van der Waals surface area (Å²) in [5.74, 6) is -0.510. The molecule has 0 spiro atoms. The molecule has 0 saturated carbocycles. The summed E-state index contributed by atoms with van der Waals surface area (Å²) in [6.07, 6.45) is -33.9. The number of hydrogen-bond donors (Lipinski definition) is 0. The molecule has 0 radical (unpaired) electrons. The van der Waals surface area contributed by atoms with Crippen molar-refractivity contribution in [1.82, 2.24) is 0 Å². The molecule has 1 aromatic carbocycles. The van der Waals surface area contributed by atoms with Crippen LogP contribution in [0.5, 0.6) is 0 Å². The van der Waals surface area contributed by atoms with E-state index in [1.807, 2.05) is 21.1 Å². The molecule has 1 rings (SSSR count). The Kier molecular flexibility index (Phi) is 14.1. The van der Waals surface area contributed by atoms with Gasteiger partial charge in [0.25, 0.3) is 0 Å². The molecule has 0 aliphatic heterocycles. The van der Waals surface area contributed by atoms with E-state index in [-0.39, 0.29) is 12.0 Å². The number of quaternary nitrogens is 1. The Bertz CT molecular complexity index is 891. The Hall–Kier alpha value is -1.21. The quantitative estimate of drug-likeness (QED) is 0.155. The van der Waals surface area contributed by atoms with Gasteiger partial charge in [0.2, 0.25) is 0 Å². The summed E-state index contributed by atoms with van der Waals surface area (Å²) in [5.41, 5.74) is -0.109. The molecule has 0 atom stereocenters. The number of hydrogen-bond acceptors (Lipinski definition) is 7. The van der Waals surface area contributed by atoms with E-state index in [0.29, 0.717) is 29.6 Å². The zero-order valence-electron chi connectivity index (χ0n) is 20.7. The smallest absolute Gasteiger partial charge is 0.112 e. The number of ketones is 1. The van der Waals surface area contributed by atoms with Crippen molar-refractivity contribution in [3.05, 3.63) is 33.4 Å². The van der Waals surface area contributed by atoms with Crippen LogP contribution in [0.1, 0.15) is 23.2 Å². The van der Waals surface area contributed by atoms with Gasteiger partial charge in [0, 0.05) is 0 Å². The van der Waals surface area contributed by atoms with E-state index in [4.69, 9.17) is 18.6 Å². The van der Waals surface area contributed by atoms with E-state index in [1.165, 1.54) is 0 Å². The first-order valence-corrected chi connectivity index (χ1v) is 14.4. The summed E-state index contributed by atoms with van der Waals surface area (Å²) in [4.78, 5) is 12.2. The zero-order valence-corrected chi connectivity index (χ0v) is 23.6. The molecule has 8 nitrogen and oxygen atoms in total. The summed E-state index contributed by atoms with van der Waals surface area (Å²) >= 11 is -5.43. The van der Waals surface area contributed by atoms with Crippen LogP contribution in [0.15, 0.2) is 24.3 Å². The Morgan fingerprint density at radius 2 is 1.07 bits per heavy atom. The third-order valence-electron chi connectivity index (χ3n) is 4.11. The largest absolute Gasteiger partial charge is 0.222 e. The number of halogens is 14. The molecule has 0 fully saturated rings. The van der Waals surface area contributed by atoms with Crippen LogP contribution in [-0.4, -0.2) is 74.9 Å². The number of alkyl halides is 12. The van der Waals surface area contributed by atoms with Crippen LogP contribution in [0.2, 0.25) is 0 Å². The van der Waals surface area contributed by atoms with Gasteiger partial charge in [0.05, 0.1) is 0 Å². The molecule has 0 heterocycles. The normalized spacial score (nSPS) is 14.2. The Morgan fingerprint density at radius 3 is 1.34 bits per heavy atom. The van der Waals surface area contributed by atoms with E-state index in [2.05, 4.69) is 6.13 Å². The van der Waals surface area contributed by atoms with E-state index in [1.54, 1.807) is 0 Å². The number of carbonyl (C=O) groups is 1. The molecular formula is C19H21ClF12INO7. The maximum atomic E-state index is 12.9. The Morgan fingerprint density at radius 1 is 0.756 bits per heavy atom. The van der Waals surface area contributed by atoms with E-state index < -0.39 is 77.2 Å². The zero-order chi connectivity index (χ0) is 32.8. The molecule has 0 aliphatic rings. The first kappa shape index (κ1) is 39.8. The molecule has 0 aliphatic carbocycles. The molecule has 1 aromatic rings. The van der Waals surface area contributed by atoms with Gasteiger partial charge in [-0.3, -0.25) is 0 Å². The summed E-state index contributed by atoms with van der Waals surface area (Å²) in [7, 11) is 0.582. The van der Waals surface area contributed by atoms with Crippen LogP contribution in [0.3, 0.4) is 0 Å². The fourth-order valence-electron chi connectivity index (χ4n) is 2.46. The van der Waals surface area contributed by atoms with E-state index in [9.17, 15) is 57.5 Å². The minimum atomic E-state index is -6.22. The third kappa shape index (κ3) is 16.9. The Balaban J connectivity index is 0.00000292. The van der Waals surface area contributed by atoms with Gasteiger partial charge in [0.1, 0.15) is 0 Å². The van der Waals surface area contributed by atoms with Crippen LogP contribution in [0.25, 0.3) is 0 Å². The van der Waals surface area contributed by atoms with Crippen molar-refractivity contribution in [2.75, 3.05) is 27.7 Å². The summed E-state index contributed by atoms with van der Waals surface area (Å²) in [6.45, 7) is 0.563. The van der Waals surface area contributed by atoms with Crippen molar-refractivity contribution in [1.29, 1.82) is 0 Å². The predicted molar refractivity (Wildman–Crippen MR) is 110 cm³/mol. The SMILES string of the molecule is C[N+](C)(C)CCCC(=O)c1ccc(I(OC(C(F)(F)F)C(F)(F)F)OC(C(F)(F)F)C(F)(F)F)cc1.[O-][Cl+3]([O-])([O-])[O-]. The molecular weight excluding hydrogens is 745 g/mol. The standard InChI is InChI=1S/C19H21F12INO3.ClHO4/c1-33(2,3)10-4-5-13(34)11-6-8-12(9-7-11)32(35-14(16(20,21)22)17(23,24)25)36-15(18(26,27)28)19(29,30)31;2-1(3,4)5/h6-9,14-15H,4-5,10H2,1-3H3;(H,2,3,4,5)/q+1;/p-1. The molecule has 0 bridgehead atoms. The topological polar surface area (TPSA) is 128 Å². The first-order valence-electron chi connectivity index (χ1n) is 10.3.